The van der Waals surface area contributed by atoms with E-state index in [1.807, 2.05) is 0 Å². The molecule has 87 valence electrons. The Morgan fingerprint density at radius 3 is 2.29 bits per heavy atom. The van der Waals surface area contributed by atoms with Gasteiger partial charge in [-0.1, -0.05) is 30.3 Å². The van der Waals surface area contributed by atoms with Gasteiger partial charge < -0.3 is 4.74 Å². The largest absolute Gasteiger partial charge is 0.477 e. The van der Waals surface area contributed by atoms with Crippen LogP contribution in [0.2, 0.25) is 0 Å². The van der Waals surface area contributed by atoms with E-state index < -0.39 is 9.84 Å². The molecule has 4 heteroatoms. The van der Waals surface area contributed by atoms with Gasteiger partial charge in [0.25, 0.3) is 0 Å². The monoisotopic (exact) mass is 247 g/mol. The predicted octanol–water partition coefficient (Wildman–Crippen LogP) is 2.30. The molecule has 0 aliphatic rings. The van der Waals surface area contributed by atoms with Gasteiger partial charge in [0, 0.05) is 0 Å². The lowest BCUT2D eigenvalue weighted by Gasteiger charge is -2.06. The van der Waals surface area contributed by atoms with Crippen LogP contribution in [0.5, 0.6) is 5.75 Å². The van der Waals surface area contributed by atoms with Gasteiger partial charge in [-0.3, -0.25) is 0 Å². The van der Waals surface area contributed by atoms with Crippen LogP contribution in [-0.4, -0.2) is 14.4 Å². The first kappa shape index (κ1) is 11.7. The van der Waals surface area contributed by atoms with Gasteiger partial charge in [-0.2, -0.15) is 0 Å². The minimum atomic E-state index is -3.39. The molecule has 0 saturated heterocycles. The summed E-state index contributed by atoms with van der Waals surface area (Å²) in [4.78, 5) is 0.266. The van der Waals surface area contributed by atoms with E-state index >= 15 is 0 Å². The third kappa shape index (κ3) is 3.07. The van der Waals surface area contributed by atoms with Gasteiger partial charge in [0.2, 0.25) is 9.84 Å². The maximum Gasteiger partial charge on any atom is 0.213 e. The minimum absolute atomic E-state index is 0.266. The van der Waals surface area contributed by atoms with Gasteiger partial charge >= 0.3 is 0 Å². The van der Waals surface area contributed by atoms with E-state index in [2.05, 4.69) is 6.07 Å². The van der Waals surface area contributed by atoms with Crippen molar-refractivity contribution >= 4 is 9.84 Å². The molecule has 0 aliphatic heterocycles. The zero-order chi connectivity index (χ0) is 12.1. The van der Waals surface area contributed by atoms with Gasteiger partial charge in [0.15, 0.2) is 5.94 Å². The molecule has 0 fully saturated rings. The van der Waals surface area contributed by atoms with E-state index in [4.69, 9.17) is 4.74 Å². The molecule has 1 radical (unpaired) electrons. The second kappa shape index (κ2) is 5.01. The van der Waals surface area contributed by atoms with Crippen molar-refractivity contribution in [3.05, 3.63) is 60.7 Å². The van der Waals surface area contributed by atoms with E-state index in [0.29, 0.717) is 5.75 Å². The average molecular weight is 247 g/mol. The molecular formula is C13H11O3S. The number of sulfone groups is 1. The van der Waals surface area contributed by atoms with Gasteiger partial charge in [-0.05, 0) is 30.3 Å². The Bertz CT molecular complexity index is 562. The molecule has 3 nitrogen and oxygen atoms in total. The lowest BCUT2D eigenvalue weighted by atomic mass is 10.3. The summed E-state index contributed by atoms with van der Waals surface area (Å²) in [6.07, 6.45) is 0. The highest BCUT2D eigenvalue weighted by Crippen LogP contribution is 2.13. The molecule has 0 unspecified atom stereocenters. The van der Waals surface area contributed by atoms with Crippen molar-refractivity contribution in [1.82, 2.24) is 0 Å². The molecule has 2 aromatic carbocycles. The zero-order valence-electron chi connectivity index (χ0n) is 9.04. The predicted molar refractivity (Wildman–Crippen MR) is 64.4 cm³/mol. The Morgan fingerprint density at radius 2 is 1.65 bits per heavy atom. The fourth-order valence-corrected chi connectivity index (χ4v) is 2.31. The first-order chi connectivity index (χ1) is 8.18. The van der Waals surface area contributed by atoms with E-state index in [-0.39, 0.29) is 10.8 Å². The fraction of sp³-hybridized carbons (Fsp3) is 0.0769. The summed E-state index contributed by atoms with van der Waals surface area (Å²) in [6, 6.07) is 17.8. The Balaban J connectivity index is 2.09. The van der Waals surface area contributed by atoms with Crippen molar-refractivity contribution in [3.8, 4) is 5.75 Å². The fourth-order valence-electron chi connectivity index (χ4n) is 1.31. The van der Waals surface area contributed by atoms with E-state index in [1.165, 1.54) is 0 Å². The van der Waals surface area contributed by atoms with E-state index in [0.717, 1.165) is 0 Å². The van der Waals surface area contributed by atoms with Crippen molar-refractivity contribution < 1.29 is 13.2 Å². The van der Waals surface area contributed by atoms with Crippen LogP contribution in [0.25, 0.3) is 0 Å². The molecule has 0 atom stereocenters. The minimum Gasteiger partial charge on any atom is -0.477 e. The molecule has 0 amide bonds. The lowest BCUT2D eigenvalue weighted by Crippen LogP contribution is -2.12. The van der Waals surface area contributed by atoms with Crippen molar-refractivity contribution in [1.29, 1.82) is 0 Å². The highest BCUT2D eigenvalue weighted by Gasteiger charge is 2.14. The molecule has 2 aromatic rings. The first-order valence-electron chi connectivity index (χ1n) is 5.05. The summed E-state index contributed by atoms with van der Waals surface area (Å²) in [5, 5.41) is 0. The molecular weight excluding hydrogens is 236 g/mol. The van der Waals surface area contributed by atoms with Crippen LogP contribution in [0.1, 0.15) is 0 Å². The number of benzene rings is 2. The van der Waals surface area contributed by atoms with E-state index in [9.17, 15) is 8.42 Å². The Hall–Kier alpha value is -1.81. The standard InChI is InChI=1S/C13H11O3S/c14-17(15,13-9-5-2-6-10-13)11-16-12-7-3-1-4-8-12/h2-10H,11H2. The molecule has 17 heavy (non-hydrogen) atoms. The van der Waals surface area contributed by atoms with Gasteiger partial charge in [0.1, 0.15) is 5.75 Å². The van der Waals surface area contributed by atoms with E-state index in [1.54, 1.807) is 54.6 Å². The summed E-state index contributed by atoms with van der Waals surface area (Å²) in [5.41, 5.74) is 0. The van der Waals surface area contributed by atoms with Gasteiger partial charge in [0.05, 0.1) is 4.90 Å². The van der Waals surface area contributed by atoms with Crippen LogP contribution in [0.15, 0.2) is 59.5 Å². The van der Waals surface area contributed by atoms with Crippen LogP contribution >= 0.6 is 0 Å². The second-order valence-corrected chi connectivity index (χ2v) is 5.36. The Morgan fingerprint density at radius 1 is 1.00 bits per heavy atom. The molecule has 0 bridgehead atoms. The van der Waals surface area contributed by atoms with Crippen molar-refractivity contribution in [2.45, 2.75) is 4.90 Å². The zero-order valence-corrected chi connectivity index (χ0v) is 9.85. The summed E-state index contributed by atoms with van der Waals surface area (Å²) in [6.45, 7) is 0. The molecule has 0 aromatic heterocycles. The smallest absolute Gasteiger partial charge is 0.213 e. The third-order valence-corrected chi connectivity index (χ3v) is 3.59. The van der Waals surface area contributed by atoms with Gasteiger partial charge in [-0.25, -0.2) is 8.42 Å². The van der Waals surface area contributed by atoms with Crippen LogP contribution in [0.3, 0.4) is 0 Å². The third-order valence-electron chi connectivity index (χ3n) is 2.17. The summed E-state index contributed by atoms with van der Waals surface area (Å²) in [7, 11) is -3.39. The highest BCUT2D eigenvalue weighted by molar-refractivity contribution is 7.91. The molecule has 0 N–H and O–H groups in total. The normalized spacial score (nSPS) is 11.1. The second-order valence-electron chi connectivity index (χ2n) is 3.43. The number of ether oxygens (including phenoxy) is 1. The Kier molecular flexibility index (Phi) is 3.44. The molecule has 0 heterocycles. The van der Waals surface area contributed by atoms with Crippen LogP contribution in [-0.2, 0) is 9.84 Å². The quantitative estimate of drug-likeness (QED) is 0.832. The summed E-state index contributed by atoms with van der Waals surface area (Å²) in [5.74, 6) is 0.157. The van der Waals surface area contributed by atoms with Crippen molar-refractivity contribution in [2.24, 2.45) is 0 Å². The first-order valence-corrected chi connectivity index (χ1v) is 6.70. The average Bonchev–Trinajstić information content (AvgIpc) is 2.39. The van der Waals surface area contributed by atoms with Crippen LogP contribution in [0, 0.1) is 6.07 Å². The molecule has 0 aliphatic carbocycles. The Labute approximate surface area is 101 Å². The number of hydrogen-bond donors (Lipinski definition) is 0. The maximum absolute atomic E-state index is 11.9. The summed E-state index contributed by atoms with van der Waals surface area (Å²) < 4.78 is 29.0. The number of rotatable bonds is 4. The van der Waals surface area contributed by atoms with Crippen LogP contribution < -0.4 is 4.74 Å². The van der Waals surface area contributed by atoms with Crippen LogP contribution in [0.4, 0.5) is 0 Å². The maximum atomic E-state index is 11.9. The SMILES string of the molecule is O=S(=O)(COc1cc[c]cc1)c1ccccc1. The highest BCUT2D eigenvalue weighted by atomic mass is 32.2. The summed E-state index contributed by atoms with van der Waals surface area (Å²) >= 11 is 0. The van der Waals surface area contributed by atoms with Gasteiger partial charge in [-0.15, -0.1) is 0 Å². The molecule has 0 saturated carbocycles. The molecule has 0 spiro atoms. The van der Waals surface area contributed by atoms with Crippen molar-refractivity contribution in [3.63, 3.8) is 0 Å². The number of hydrogen-bond acceptors (Lipinski definition) is 3. The lowest BCUT2D eigenvalue weighted by molar-refractivity contribution is 0.376. The van der Waals surface area contributed by atoms with Crippen molar-refractivity contribution in [2.75, 3.05) is 5.94 Å². The topological polar surface area (TPSA) is 43.4 Å². The molecule has 2 rings (SSSR count).